The number of nitrogens with one attached hydrogen (secondary N) is 1. The first kappa shape index (κ1) is 11.4. The first-order valence-electron chi connectivity index (χ1n) is 6.31. The monoisotopic (exact) mass is 213 g/mol. The van der Waals surface area contributed by atoms with Gasteiger partial charge in [-0.25, -0.2) is 0 Å². The minimum absolute atomic E-state index is 0.0186. The predicted octanol–water partition coefficient (Wildman–Crippen LogP) is 1.30. The Hall–Kier alpha value is -0.120. The van der Waals surface area contributed by atoms with Crippen LogP contribution in [0.5, 0.6) is 0 Å². The minimum atomic E-state index is -0.0186. The van der Waals surface area contributed by atoms with Crippen molar-refractivity contribution in [2.45, 2.75) is 57.3 Å². The zero-order valence-electron chi connectivity index (χ0n) is 9.61. The summed E-state index contributed by atoms with van der Waals surface area (Å²) < 4.78 is 5.64. The van der Waals surface area contributed by atoms with Crippen molar-refractivity contribution in [3.05, 3.63) is 0 Å². The highest BCUT2D eigenvalue weighted by atomic mass is 16.5. The molecule has 1 heterocycles. The second-order valence-electron chi connectivity index (χ2n) is 5.02. The molecule has 1 aliphatic heterocycles. The van der Waals surface area contributed by atoms with Crippen LogP contribution in [0.3, 0.4) is 0 Å². The Balaban J connectivity index is 1.62. The number of ether oxygens (including phenoxy) is 1. The third-order valence-electron chi connectivity index (χ3n) is 3.73. The van der Waals surface area contributed by atoms with Gasteiger partial charge in [-0.1, -0.05) is 6.92 Å². The summed E-state index contributed by atoms with van der Waals surface area (Å²) in [6, 6.07) is 0.640. The van der Waals surface area contributed by atoms with Gasteiger partial charge in [0.25, 0.3) is 0 Å². The summed E-state index contributed by atoms with van der Waals surface area (Å²) in [6.45, 7) is 4.18. The van der Waals surface area contributed by atoms with Gasteiger partial charge in [-0.3, -0.25) is 0 Å². The molecule has 2 aliphatic rings. The van der Waals surface area contributed by atoms with Gasteiger partial charge >= 0.3 is 0 Å². The van der Waals surface area contributed by atoms with E-state index in [0.29, 0.717) is 18.1 Å². The van der Waals surface area contributed by atoms with Crippen LogP contribution >= 0.6 is 0 Å². The second kappa shape index (κ2) is 5.28. The van der Waals surface area contributed by atoms with E-state index in [0.717, 1.165) is 45.3 Å². The third-order valence-corrected chi connectivity index (χ3v) is 3.73. The molecule has 1 saturated carbocycles. The quantitative estimate of drug-likeness (QED) is 0.739. The molecule has 0 bridgehead atoms. The molecule has 2 N–H and O–H groups in total. The highest BCUT2D eigenvalue weighted by Gasteiger charge is 2.28. The molecule has 0 spiro atoms. The largest absolute Gasteiger partial charge is 0.393 e. The van der Waals surface area contributed by atoms with Crippen molar-refractivity contribution in [2.24, 2.45) is 5.92 Å². The van der Waals surface area contributed by atoms with E-state index >= 15 is 0 Å². The molecular weight excluding hydrogens is 190 g/mol. The molecule has 15 heavy (non-hydrogen) atoms. The fourth-order valence-electron chi connectivity index (χ4n) is 2.55. The standard InChI is InChI=1S/C12H23NO2/c1-2-12-7-10(3-4-15-12)13-8-9-5-11(14)6-9/h9-14H,2-8H2,1H3. The van der Waals surface area contributed by atoms with Crippen LogP contribution in [-0.2, 0) is 4.74 Å². The zero-order valence-corrected chi connectivity index (χ0v) is 9.61. The van der Waals surface area contributed by atoms with Gasteiger partial charge in [-0.15, -0.1) is 0 Å². The number of aliphatic hydroxyl groups excluding tert-OH is 1. The van der Waals surface area contributed by atoms with Crippen LogP contribution in [0, 0.1) is 5.92 Å². The lowest BCUT2D eigenvalue weighted by atomic mass is 9.82. The molecule has 0 aromatic carbocycles. The number of rotatable bonds is 4. The molecule has 0 aromatic heterocycles. The highest BCUT2D eigenvalue weighted by Crippen LogP contribution is 2.26. The number of aliphatic hydroxyl groups is 1. The van der Waals surface area contributed by atoms with E-state index in [1.807, 2.05) is 0 Å². The van der Waals surface area contributed by atoms with Gasteiger partial charge < -0.3 is 15.2 Å². The molecule has 2 fully saturated rings. The van der Waals surface area contributed by atoms with Crippen LogP contribution in [0.15, 0.2) is 0 Å². The van der Waals surface area contributed by atoms with E-state index in [9.17, 15) is 5.11 Å². The average molecular weight is 213 g/mol. The Labute approximate surface area is 92.2 Å². The topological polar surface area (TPSA) is 41.5 Å². The van der Waals surface area contributed by atoms with Crippen LogP contribution < -0.4 is 5.32 Å². The van der Waals surface area contributed by atoms with Gasteiger partial charge in [0.1, 0.15) is 0 Å². The molecule has 2 unspecified atom stereocenters. The molecule has 1 aliphatic carbocycles. The molecule has 88 valence electrons. The Morgan fingerprint density at radius 1 is 1.33 bits per heavy atom. The Bertz CT molecular complexity index is 192. The summed E-state index contributed by atoms with van der Waals surface area (Å²) in [5.41, 5.74) is 0. The van der Waals surface area contributed by atoms with E-state index < -0.39 is 0 Å². The fourth-order valence-corrected chi connectivity index (χ4v) is 2.55. The van der Waals surface area contributed by atoms with Crippen molar-refractivity contribution in [3.63, 3.8) is 0 Å². The zero-order chi connectivity index (χ0) is 10.7. The van der Waals surface area contributed by atoms with Gasteiger partial charge in [-0.05, 0) is 44.6 Å². The third kappa shape index (κ3) is 3.16. The molecule has 0 aromatic rings. The lowest BCUT2D eigenvalue weighted by Crippen LogP contribution is -2.44. The van der Waals surface area contributed by atoms with Crippen molar-refractivity contribution >= 4 is 0 Å². The molecular formula is C12H23NO2. The number of hydrogen-bond donors (Lipinski definition) is 2. The summed E-state index contributed by atoms with van der Waals surface area (Å²) in [4.78, 5) is 0. The maximum atomic E-state index is 9.19. The smallest absolute Gasteiger partial charge is 0.0587 e. The van der Waals surface area contributed by atoms with E-state index in [-0.39, 0.29) is 6.10 Å². The van der Waals surface area contributed by atoms with Crippen LogP contribution in [0.2, 0.25) is 0 Å². The highest BCUT2D eigenvalue weighted by molar-refractivity contribution is 4.83. The molecule has 0 amide bonds. The summed E-state index contributed by atoms with van der Waals surface area (Å²) >= 11 is 0. The Morgan fingerprint density at radius 3 is 2.80 bits per heavy atom. The first-order chi connectivity index (χ1) is 7.28. The van der Waals surface area contributed by atoms with Crippen LogP contribution in [-0.4, -0.2) is 36.5 Å². The maximum absolute atomic E-state index is 9.19. The SMILES string of the molecule is CCC1CC(NCC2CC(O)C2)CCO1. The maximum Gasteiger partial charge on any atom is 0.0587 e. The Morgan fingerprint density at radius 2 is 2.13 bits per heavy atom. The van der Waals surface area contributed by atoms with Crippen molar-refractivity contribution in [2.75, 3.05) is 13.2 Å². The molecule has 3 heteroatoms. The summed E-state index contributed by atoms with van der Waals surface area (Å²) in [5.74, 6) is 0.711. The van der Waals surface area contributed by atoms with Gasteiger partial charge in [0, 0.05) is 12.6 Å². The van der Waals surface area contributed by atoms with Crippen LogP contribution in [0.1, 0.15) is 39.0 Å². The van der Waals surface area contributed by atoms with Crippen molar-refractivity contribution in [3.8, 4) is 0 Å². The van der Waals surface area contributed by atoms with Crippen LogP contribution in [0.25, 0.3) is 0 Å². The molecule has 2 atom stereocenters. The van der Waals surface area contributed by atoms with Gasteiger partial charge in [-0.2, -0.15) is 0 Å². The van der Waals surface area contributed by atoms with Gasteiger partial charge in [0.15, 0.2) is 0 Å². The second-order valence-corrected chi connectivity index (χ2v) is 5.02. The predicted molar refractivity (Wildman–Crippen MR) is 59.8 cm³/mol. The molecule has 0 radical (unpaired) electrons. The molecule has 2 rings (SSSR count). The van der Waals surface area contributed by atoms with Crippen molar-refractivity contribution < 1.29 is 9.84 Å². The van der Waals surface area contributed by atoms with Gasteiger partial charge in [0.2, 0.25) is 0 Å². The number of hydrogen-bond acceptors (Lipinski definition) is 3. The summed E-state index contributed by atoms with van der Waals surface area (Å²) in [6.07, 6.45) is 5.86. The lowest BCUT2D eigenvalue weighted by Gasteiger charge is -2.35. The normalized spacial score (nSPS) is 41.2. The molecule has 3 nitrogen and oxygen atoms in total. The van der Waals surface area contributed by atoms with E-state index in [1.165, 1.54) is 0 Å². The van der Waals surface area contributed by atoms with Crippen molar-refractivity contribution in [1.29, 1.82) is 0 Å². The summed E-state index contributed by atoms with van der Waals surface area (Å²) in [7, 11) is 0. The van der Waals surface area contributed by atoms with Crippen LogP contribution in [0.4, 0.5) is 0 Å². The lowest BCUT2D eigenvalue weighted by molar-refractivity contribution is -0.00485. The summed E-state index contributed by atoms with van der Waals surface area (Å²) in [5, 5.41) is 12.8. The molecule has 1 saturated heterocycles. The van der Waals surface area contributed by atoms with E-state index in [2.05, 4.69) is 12.2 Å². The van der Waals surface area contributed by atoms with E-state index in [4.69, 9.17) is 4.74 Å². The average Bonchev–Trinajstić information content (AvgIpc) is 2.23. The fraction of sp³-hybridized carbons (Fsp3) is 1.00. The van der Waals surface area contributed by atoms with E-state index in [1.54, 1.807) is 0 Å². The first-order valence-corrected chi connectivity index (χ1v) is 6.31. The van der Waals surface area contributed by atoms with Crippen molar-refractivity contribution in [1.82, 2.24) is 5.32 Å². The Kier molecular flexibility index (Phi) is 4.00. The minimum Gasteiger partial charge on any atom is -0.393 e. The van der Waals surface area contributed by atoms with Gasteiger partial charge in [0.05, 0.1) is 12.2 Å².